The zero-order valence-corrected chi connectivity index (χ0v) is 10.1. The van der Waals surface area contributed by atoms with Gasteiger partial charge in [0.05, 0.1) is 0 Å². The summed E-state index contributed by atoms with van der Waals surface area (Å²) in [6.45, 7) is 5.62. The highest BCUT2D eigenvalue weighted by Gasteiger charge is 2.31. The van der Waals surface area contributed by atoms with E-state index in [-0.39, 0.29) is 5.82 Å². The first kappa shape index (κ1) is 11.4. The summed E-state index contributed by atoms with van der Waals surface area (Å²) >= 11 is 0. The molecule has 0 saturated carbocycles. The molecule has 0 aromatic heterocycles. The van der Waals surface area contributed by atoms with Crippen LogP contribution in [0.4, 0.5) is 10.1 Å². The molecule has 0 spiro atoms. The van der Waals surface area contributed by atoms with E-state index in [0.29, 0.717) is 6.04 Å². The smallest absolute Gasteiger partial charge is 0.123 e. The highest BCUT2D eigenvalue weighted by Crippen LogP contribution is 2.33. The number of hydrogen-bond acceptors (Lipinski definition) is 1. The van der Waals surface area contributed by atoms with Crippen LogP contribution < -0.4 is 4.90 Å². The molecule has 1 fully saturated rings. The summed E-state index contributed by atoms with van der Waals surface area (Å²) in [5, 5.41) is 0. The van der Waals surface area contributed by atoms with Crippen molar-refractivity contribution >= 4 is 5.69 Å². The summed E-state index contributed by atoms with van der Waals surface area (Å²) in [5.41, 5.74) is 1.17. The molecule has 1 nitrogen and oxygen atoms in total. The Morgan fingerprint density at radius 2 is 1.88 bits per heavy atom. The van der Waals surface area contributed by atoms with Gasteiger partial charge in [0.2, 0.25) is 0 Å². The van der Waals surface area contributed by atoms with Gasteiger partial charge in [0.15, 0.2) is 0 Å². The van der Waals surface area contributed by atoms with E-state index >= 15 is 0 Å². The second kappa shape index (κ2) is 4.86. The third-order valence-corrected chi connectivity index (χ3v) is 3.79. The fraction of sp³-hybridized carbons (Fsp3) is 0.571. The molecule has 2 rings (SSSR count). The summed E-state index contributed by atoms with van der Waals surface area (Å²) in [5.74, 6) is 0.651. The lowest BCUT2D eigenvalue weighted by Gasteiger charge is -2.28. The highest BCUT2D eigenvalue weighted by molar-refractivity contribution is 5.48. The van der Waals surface area contributed by atoms with Crippen molar-refractivity contribution in [3.05, 3.63) is 30.1 Å². The molecule has 88 valence electrons. The number of benzene rings is 1. The molecule has 0 bridgehead atoms. The molecule has 1 saturated heterocycles. The minimum absolute atomic E-state index is 0.150. The van der Waals surface area contributed by atoms with Crippen LogP contribution >= 0.6 is 0 Å². The zero-order chi connectivity index (χ0) is 11.5. The molecule has 1 heterocycles. The van der Waals surface area contributed by atoms with E-state index in [2.05, 4.69) is 18.7 Å². The highest BCUT2D eigenvalue weighted by atomic mass is 19.1. The largest absolute Gasteiger partial charge is 0.368 e. The Bertz CT molecular complexity index is 333. The summed E-state index contributed by atoms with van der Waals surface area (Å²) < 4.78 is 12.9. The van der Waals surface area contributed by atoms with Crippen LogP contribution in [0.2, 0.25) is 0 Å². The van der Waals surface area contributed by atoms with Crippen LogP contribution in [0.15, 0.2) is 24.3 Å². The quantitative estimate of drug-likeness (QED) is 0.749. The fourth-order valence-electron chi connectivity index (χ4n) is 2.90. The Kier molecular flexibility index (Phi) is 3.47. The number of hydrogen-bond donors (Lipinski definition) is 0. The predicted molar refractivity (Wildman–Crippen MR) is 66.2 cm³/mol. The fourth-order valence-corrected chi connectivity index (χ4v) is 2.90. The molecule has 1 aliphatic rings. The third-order valence-electron chi connectivity index (χ3n) is 3.79. The standard InChI is InChI=1S/C14H20FN/c1-3-11-9-10-16(14(11)4-2)13-7-5-12(15)6-8-13/h5-8,11,14H,3-4,9-10H2,1-2H3. The molecular formula is C14H20FN. The molecule has 2 unspecified atom stereocenters. The maximum atomic E-state index is 12.9. The SMILES string of the molecule is CCC1CCN(c2ccc(F)cc2)C1CC. The summed E-state index contributed by atoms with van der Waals surface area (Å²) in [4.78, 5) is 2.44. The van der Waals surface area contributed by atoms with Crippen molar-refractivity contribution in [2.24, 2.45) is 5.92 Å². The average Bonchev–Trinajstić information content (AvgIpc) is 2.72. The van der Waals surface area contributed by atoms with Crippen molar-refractivity contribution in [3.8, 4) is 0 Å². The molecule has 1 aromatic carbocycles. The van der Waals surface area contributed by atoms with Crippen LogP contribution in [0.3, 0.4) is 0 Å². The van der Waals surface area contributed by atoms with Gasteiger partial charge >= 0.3 is 0 Å². The average molecular weight is 221 g/mol. The van der Waals surface area contributed by atoms with Crippen molar-refractivity contribution in [2.75, 3.05) is 11.4 Å². The van der Waals surface area contributed by atoms with Crippen LogP contribution in [0.1, 0.15) is 33.1 Å². The van der Waals surface area contributed by atoms with Crippen molar-refractivity contribution in [3.63, 3.8) is 0 Å². The number of halogens is 1. The van der Waals surface area contributed by atoms with Gasteiger partial charge in [0, 0.05) is 18.3 Å². The van der Waals surface area contributed by atoms with Gasteiger partial charge in [-0.3, -0.25) is 0 Å². The van der Waals surface area contributed by atoms with E-state index < -0.39 is 0 Å². The molecule has 0 amide bonds. The predicted octanol–water partition coefficient (Wildman–Crippen LogP) is 3.84. The summed E-state index contributed by atoms with van der Waals surface area (Å²) in [7, 11) is 0. The van der Waals surface area contributed by atoms with Crippen LogP contribution in [0.5, 0.6) is 0 Å². The topological polar surface area (TPSA) is 3.24 Å². The lowest BCUT2D eigenvalue weighted by Crippen LogP contribution is -2.31. The molecule has 16 heavy (non-hydrogen) atoms. The van der Waals surface area contributed by atoms with Gasteiger partial charge in [-0.15, -0.1) is 0 Å². The Morgan fingerprint density at radius 1 is 1.19 bits per heavy atom. The van der Waals surface area contributed by atoms with E-state index in [1.54, 1.807) is 12.1 Å². The van der Waals surface area contributed by atoms with E-state index in [4.69, 9.17) is 0 Å². The van der Waals surface area contributed by atoms with Gasteiger partial charge in [0.25, 0.3) is 0 Å². The number of rotatable bonds is 3. The van der Waals surface area contributed by atoms with Crippen molar-refractivity contribution in [2.45, 2.75) is 39.2 Å². The van der Waals surface area contributed by atoms with Gasteiger partial charge < -0.3 is 4.90 Å². The molecule has 1 aromatic rings. The second-order valence-electron chi connectivity index (χ2n) is 4.60. The molecule has 2 heteroatoms. The van der Waals surface area contributed by atoms with Crippen molar-refractivity contribution in [1.29, 1.82) is 0 Å². The Hall–Kier alpha value is -1.05. The van der Waals surface area contributed by atoms with E-state index in [1.807, 2.05) is 12.1 Å². The zero-order valence-electron chi connectivity index (χ0n) is 10.1. The lowest BCUT2D eigenvalue weighted by atomic mass is 9.95. The van der Waals surface area contributed by atoms with Crippen LogP contribution in [-0.2, 0) is 0 Å². The maximum absolute atomic E-state index is 12.9. The summed E-state index contributed by atoms with van der Waals surface area (Å²) in [6.07, 6.45) is 3.69. The van der Waals surface area contributed by atoms with E-state index in [1.165, 1.54) is 24.9 Å². The Labute approximate surface area is 97.3 Å². The Morgan fingerprint density at radius 3 is 2.44 bits per heavy atom. The van der Waals surface area contributed by atoms with Crippen LogP contribution in [0, 0.1) is 11.7 Å². The number of nitrogens with zero attached hydrogens (tertiary/aromatic N) is 1. The van der Waals surface area contributed by atoms with E-state index in [0.717, 1.165) is 12.5 Å². The summed E-state index contributed by atoms with van der Waals surface area (Å²) in [6, 6.07) is 7.55. The first-order valence-electron chi connectivity index (χ1n) is 6.28. The van der Waals surface area contributed by atoms with E-state index in [9.17, 15) is 4.39 Å². The number of anilines is 1. The minimum Gasteiger partial charge on any atom is -0.368 e. The monoisotopic (exact) mass is 221 g/mol. The maximum Gasteiger partial charge on any atom is 0.123 e. The first-order chi connectivity index (χ1) is 7.76. The van der Waals surface area contributed by atoms with Crippen molar-refractivity contribution < 1.29 is 4.39 Å². The molecule has 0 radical (unpaired) electrons. The van der Waals surface area contributed by atoms with Crippen LogP contribution in [0.25, 0.3) is 0 Å². The third kappa shape index (κ3) is 2.06. The van der Waals surface area contributed by atoms with Crippen LogP contribution in [-0.4, -0.2) is 12.6 Å². The van der Waals surface area contributed by atoms with Gasteiger partial charge in [0.1, 0.15) is 5.82 Å². The van der Waals surface area contributed by atoms with Gasteiger partial charge in [-0.05, 0) is 43.0 Å². The molecule has 1 aliphatic heterocycles. The van der Waals surface area contributed by atoms with Gasteiger partial charge in [-0.25, -0.2) is 4.39 Å². The second-order valence-corrected chi connectivity index (χ2v) is 4.60. The normalized spacial score (nSPS) is 25.1. The van der Waals surface area contributed by atoms with Crippen molar-refractivity contribution in [1.82, 2.24) is 0 Å². The molecule has 0 N–H and O–H groups in total. The molecule has 2 atom stereocenters. The first-order valence-corrected chi connectivity index (χ1v) is 6.28. The lowest BCUT2D eigenvalue weighted by molar-refractivity contribution is 0.447. The molecule has 0 aliphatic carbocycles. The molecular weight excluding hydrogens is 201 g/mol. The van der Waals surface area contributed by atoms with Gasteiger partial charge in [-0.1, -0.05) is 20.3 Å². The Balaban J connectivity index is 2.18. The minimum atomic E-state index is -0.150. The van der Waals surface area contributed by atoms with Gasteiger partial charge in [-0.2, -0.15) is 0 Å².